The lowest BCUT2D eigenvalue weighted by molar-refractivity contribution is 0.0951. The molecule has 7 heteroatoms. The zero-order valence-electron chi connectivity index (χ0n) is 13.6. The number of anilines is 1. The molecule has 1 aromatic heterocycles. The predicted molar refractivity (Wildman–Crippen MR) is 99.2 cm³/mol. The fourth-order valence-corrected chi connectivity index (χ4v) is 2.84. The van der Waals surface area contributed by atoms with Gasteiger partial charge >= 0.3 is 0 Å². The van der Waals surface area contributed by atoms with E-state index < -0.39 is 0 Å². The molecular formula is C17H20ClN3O2S. The number of carbonyl (C=O) groups excluding carboxylic acids is 2. The van der Waals surface area contributed by atoms with E-state index in [4.69, 9.17) is 11.6 Å². The number of nitrogens with zero attached hydrogens (tertiary/aromatic N) is 1. The molecule has 0 fully saturated rings. The number of benzene rings is 1. The Labute approximate surface area is 150 Å². The second-order valence-electron chi connectivity index (χ2n) is 5.54. The third-order valence-electron chi connectivity index (χ3n) is 3.29. The van der Waals surface area contributed by atoms with Crippen LogP contribution in [0.5, 0.6) is 0 Å². The Morgan fingerprint density at radius 3 is 2.67 bits per heavy atom. The summed E-state index contributed by atoms with van der Waals surface area (Å²) in [5.41, 5.74) is 0.891. The molecule has 0 spiro atoms. The van der Waals surface area contributed by atoms with Crippen molar-refractivity contribution in [3.8, 4) is 0 Å². The maximum Gasteiger partial charge on any atom is 0.265 e. The summed E-state index contributed by atoms with van der Waals surface area (Å²) in [6.07, 6.45) is 0.869. The van der Waals surface area contributed by atoms with E-state index in [0.717, 1.165) is 13.0 Å². The third-order valence-corrected chi connectivity index (χ3v) is 4.49. The molecule has 2 N–H and O–H groups in total. The summed E-state index contributed by atoms with van der Waals surface area (Å²) in [7, 11) is 3.98. The van der Waals surface area contributed by atoms with E-state index in [1.165, 1.54) is 11.3 Å². The molecule has 0 aliphatic rings. The van der Waals surface area contributed by atoms with E-state index in [-0.39, 0.29) is 11.8 Å². The van der Waals surface area contributed by atoms with Gasteiger partial charge in [0.1, 0.15) is 0 Å². The number of thiophene rings is 1. The van der Waals surface area contributed by atoms with Crippen LogP contribution in [0, 0.1) is 0 Å². The lowest BCUT2D eigenvalue weighted by Gasteiger charge is -2.11. The average molecular weight is 366 g/mol. The van der Waals surface area contributed by atoms with Crippen LogP contribution >= 0.6 is 22.9 Å². The van der Waals surface area contributed by atoms with Crippen molar-refractivity contribution in [2.45, 2.75) is 6.42 Å². The highest BCUT2D eigenvalue weighted by Gasteiger charge is 2.12. The average Bonchev–Trinajstić information content (AvgIpc) is 3.07. The minimum atomic E-state index is -0.240. The van der Waals surface area contributed by atoms with Crippen molar-refractivity contribution in [1.29, 1.82) is 0 Å². The quantitative estimate of drug-likeness (QED) is 0.740. The first kappa shape index (κ1) is 18.4. The van der Waals surface area contributed by atoms with Gasteiger partial charge in [0.2, 0.25) is 0 Å². The molecule has 0 bridgehead atoms. The van der Waals surface area contributed by atoms with Crippen molar-refractivity contribution in [2.75, 3.05) is 32.5 Å². The van der Waals surface area contributed by atoms with Gasteiger partial charge in [0.05, 0.1) is 15.6 Å². The van der Waals surface area contributed by atoms with Crippen molar-refractivity contribution in [2.24, 2.45) is 0 Å². The molecule has 0 aliphatic carbocycles. The topological polar surface area (TPSA) is 61.4 Å². The standard InChI is InChI=1S/C17H20ClN3O2S/c1-21(2)9-4-8-19-16(22)12-6-7-13(18)14(11-12)20-17(23)15-5-3-10-24-15/h3,5-7,10-11H,4,8-9H2,1-2H3,(H,19,22)(H,20,23). The highest BCUT2D eigenvalue weighted by molar-refractivity contribution is 7.12. The molecule has 0 radical (unpaired) electrons. The van der Waals surface area contributed by atoms with Crippen LogP contribution in [0.4, 0.5) is 5.69 Å². The summed E-state index contributed by atoms with van der Waals surface area (Å²) in [5.74, 6) is -0.424. The third kappa shape index (κ3) is 5.33. The molecular weight excluding hydrogens is 346 g/mol. The lowest BCUT2D eigenvalue weighted by atomic mass is 10.2. The number of rotatable bonds is 7. The predicted octanol–water partition coefficient (Wildman–Crippen LogP) is 3.34. The molecule has 2 aromatic rings. The minimum absolute atomic E-state index is 0.183. The van der Waals surface area contributed by atoms with Crippen LogP contribution in [0.3, 0.4) is 0 Å². The van der Waals surface area contributed by atoms with E-state index in [2.05, 4.69) is 15.5 Å². The van der Waals surface area contributed by atoms with Gasteiger partial charge in [-0.2, -0.15) is 0 Å². The number of halogens is 1. The molecule has 0 atom stereocenters. The van der Waals surface area contributed by atoms with Crippen molar-refractivity contribution in [3.05, 3.63) is 51.2 Å². The molecule has 1 heterocycles. The maximum absolute atomic E-state index is 12.2. The number of hydrogen-bond donors (Lipinski definition) is 2. The first-order valence-electron chi connectivity index (χ1n) is 7.54. The van der Waals surface area contributed by atoms with Crippen molar-refractivity contribution in [3.63, 3.8) is 0 Å². The normalized spacial score (nSPS) is 10.7. The van der Waals surface area contributed by atoms with Crippen LogP contribution in [0.2, 0.25) is 5.02 Å². The van der Waals surface area contributed by atoms with Gasteiger partial charge < -0.3 is 15.5 Å². The number of carbonyl (C=O) groups is 2. The van der Waals surface area contributed by atoms with Gasteiger partial charge in [0.25, 0.3) is 11.8 Å². The minimum Gasteiger partial charge on any atom is -0.352 e. The van der Waals surface area contributed by atoms with Crippen LogP contribution in [0.15, 0.2) is 35.7 Å². The Morgan fingerprint density at radius 2 is 2.00 bits per heavy atom. The summed E-state index contributed by atoms with van der Waals surface area (Å²) in [4.78, 5) is 27.0. The van der Waals surface area contributed by atoms with Gasteiger partial charge in [-0.25, -0.2) is 0 Å². The summed E-state index contributed by atoms with van der Waals surface area (Å²) < 4.78 is 0. The summed E-state index contributed by atoms with van der Waals surface area (Å²) in [6, 6.07) is 8.38. The Balaban J connectivity index is 1.99. The maximum atomic E-state index is 12.2. The fourth-order valence-electron chi connectivity index (χ4n) is 2.05. The van der Waals surface area contributed by atoms with E-state index in [9.17, 15) is 9.59 Å². The number of nitrogens with one attached hydrogen (secondary N) is 2. The van der Waals surface area contributed by atoms with Gasteiger partial charge in [-0.05, 0) is 56.7 Å². The number of amides is 2. The molecule has 24 heavy (non-hydrogen) atoms. The first-order valence-corrected chi connectivity index (χ1v) is 8.80. The molecule has 2 amide bonds. The van der Waals surface area contributed by atoms with Gasteiger partial charge in [-0.15, -0.1) is 11.3 Å². The van der Waals surface area contributed by atoms with Crippen LogP contribution in [-0.2, 0) is 0 Å². The van der Waals surface area contributed by atoms with Gasteiger partial charge in [0.15, 0.2) is 0 Å². The molecule has 1 aromatic carbocycles. The highest BCUT2D eigenvalue weighted by atomic mass is 35.5. The second kappa shape index (κ2) is 8.82. The van der Waals surface area contributed by atoms with Crippen molar-refractivity contribution >= 4 is 40.4 Å². The Kier molecular flexibility index (Phi) is 6.78. The SMILES string of the molecule is CN(C)CCCNC(=O)c1ccc(Cl)c(NC(=O)c2cccs2)c1. The molecule has 0 saturated heterocycles. The molecule has 2 rings (SSSR count). The van der Waals surface area contributed by atoms with Gasteiger partial charge in [-0.3, -0.25) is 9.59 Å². The first-order chi connectivity index (χ1) is 11.5. The van der Waals surface area contributed by atoms with E-state index in [1.807, 2.05) is 19.5 Å². The van der Waals surface area contributed by atoms with Crippen molar-refractivity contribution in [1.82, 2.24) is 10.2 Å². The van der Waals surface area contributed by atoms with Crippen molar-refractivity contribution < 1.29 is 9.59 Å². The van der Waals surface area contributed by atoms with E-state index in [1.54, 1.807) is 30.3 Å². The van der Waals surface area contributed by atoms with E-state index in [0.29, 0.717) is 27.7 Å². The largest absolute Gasteiger partial charge is 0.352 e. The Hall–Kier alpha value is -1.89. The fraction of sp³-hybridized carbons (Fsp3) is 0.294. The van der Waals surface area contributed by atoms with E-state index >= 15 is 0 Å². The van der Waals surface area contributed by atoms with Crippen LogP contribution < -0.4 is 10.6 Å². The zero-order chi connectivity index (χ0) is 17.5. The Morgan fingerprint density at radius 1 is 1.21 bits per heavy atom. The molecule has 5 nitrogen and oxygen atoms in total. The van der Waals surface area contributed by atoms with Gasteiger partial charge in [-0.1, -0.05) is 17.7 Å². The lowest BCUT2D eigenvalue weighted by Crippen LogP contribution is -2.27. The molecule has 0 unspecified atom stereocenters. The molecule has 0 aliphatic heterocycles. The molecule has 0 saturated carbocycles. The smallest absolute Gasteiger partial charge is 0.265 e. The summed E-state index contributed by atoms with van der Waals surface area (Å²) in [5, 5.41) is 7.83. The second-order valence-corrected chi connectivity index (χ2v) is 6.89. The summed E-state index contributed by atoms with van der Waals surface area (Å²) in [6.45, 7) is 1.50. The number of hydrogen-bond acceptors (Lipinski definition) is 4. The van der Waals surface area contributed by atoms with Crippen LogP contribution in [0.25, 0.3) is 0 Å². The zero-order valence-corrected chi connectivity index (χ0v) is 15.2. The Bertz CT molecular complexity index is 702. The van der Waals surface area contributed by atoms with Crippen LogP contribution in [-0.4, -0.2) is 43.9 Å². The summed E-state index contributed by atoms with van der Waals surface area (Å²) >= 11 is 7.46. The molecule has 128 valence electrons. The van der Waals surface area contributed by atoms with Crippen LogP contribution in [0.1, 0.15) is 26.5 Å². The highest BCUT2D eigenvalue weighted by Crippen LogP contribution is 2.24. The monoisotopic (exact) mass is 365 g/mol. The van der Waals surface area contributed by atoms with Gasteiger partial charge in [0, 0.05) is 12.1 Å².